The summed E-state index contributed by atoms with van der Waals surface area (Å²) in [6.07, 6.45) is -0.974. The Bertz CT molecular complexity index is 353. The largest absolute Gasteiger partial charge is 0.496 e. The maximum Gasteiger partial charge on any atom is 0.121 e. The smallest absolute Gasteiger partial charge is 0.121 e. The number of rotatable bonds is 6. The molecule has 0 fully saturated rings. The number of methoxy groups -OCH3 is 1. The van der Waals surface area contributed by atoms with Crippen LogP contribution in [0.2, 0.25) is 0 Å². The van der Waals surface area contributed by atoms with Crippen LogP contribution in [0, 0.1) is 6.92 Å². The van der Waals surface area contributed by atoms with Crippen LogP contribution in [0.15, 0.2) is 18.2 Å². The van der Waals surface area contributed by atoms with Gasteiger partial charge >= 0.3 is 0 Å². The predicted molar refractivity (Wildman–Crippen MR) is 67.2 cm³/mol. The van der Waals surface area contributed by atoms with Gasteiger partial charge in [-0.1, -0.05) is 6.07 Å². The zero-order chi connectivity index (χ0) is 12.8. The molecule has 96 valence electrons. The molecular formula is C13H21NO3. The van der Waals surface area contributed by atoms with E-state index in [9.17, 15) is 5.11 Å². The summed E-state index contributed by atoms with van der Waals surface area (Å²) in [4.78, 5) is 0. The predicted octanol–water partition coefficient (Wildman–Crippen LogP) is 1.01. The van der Waals surface area contributed by atoms with E-state index in [2.05, 4.69) is 5.32 Å². The molecule has 3 N–H and O–H groups in total. The molecule has 0 saturated heterocycles. The number of aryl methyl sites for hydroxylation is 1. The zero-order valence-electron chi connectivity index (χ0n) is 10.6. The van der Waals surface area contributed by atoms with Crippen LogP contribution in [-0.2, 0) is 0 Å². The molecular weight excluding hydrogens is 218 g/mol. The molecule has 0 aliphatic heterocycles. The molecule has 1 aromatic carbocycles. The molecule has 0 bridgehead atoms. The van der Waals surface area contributed by atoms with Crippen molar-refractivity contribution in [2.75, 3.05) is 20.2 Å². The van der Waals surface area contributed by atoms with Crippen LogP contribution in [0.3, 0.4) is 0 Å². The highest BCUT2D eigenvalue weighted by atomic mass is 16.5. The third kappa shape index (κ3) is 4.34. The van der Waals surface area contributed by atoms with Crippen molar-refractivity contribution in [2.24, 2.45) is 0 Å². The van der Waals surface area contributed by atoms with Gasteiger partial charge in [-0.15, -0.1) is 0 Å². The number of hydrogen-bond donors (Lipinski definition) is 3. The van der Waals surface area contributed by atoms with Crippen molar-refractivity contribution in [1.29, 1.82) is 0 Å². The maximum absolute atomic E-state index is 9.94. The van der Waals surface area contributed by atoms with Crippen molar-refractivity contribution < 1.29 is 14.9 Å². The van der Waals surface area contributed by atoms with Crippen LogP contribution >= 0.6 is 0 Å². The Morgan fingerprint density at radius 3 is 2.53 bits per heavy atom. The molecule has 0 aromatic heterocycles. The Kier molecular flexibility index (Phi) is 5.41. The Hall–Kier alpha value is -1.10. The van der Waals surface area contributed by atoms with Crippen molar-refractivity contribution in [3.63, 3.8) is 0 Å². The third-order valence-corrected chi connectivity index (χ3v) is 2.58. The Balaban J connectivity index is 2.57. The summed E-state index contributed by atoms with van der Waals surface area (Å²) in [6.45, 7) is 4.55. The van der Waals surface area contributed by atoms with E-state index >= 15 is 0 Å². The topological polar surface area (TPSA) is 61.7 Å². The first-order valence-electron chi connectivity index (χ1n) is 5.76. The normalized spacial score (nSPS) is 14.4. The molecule has 1 aromatic rings. The molecule has 4 heteroatoms. The molecule has 2 unspecified atom stereocenters. The lowest BCUT2D eigenvalue weighted by molar-refractivity contribution is 0.154. The van der Waals surface area contributed by atoms with Gasteiger partial charge in [-0.05, 0) is 37.1 Å². The molecule has 0 spiro atoms. The van der Waals surface area contributed by atoms with Crippen LogP contribution in [0.1, 0.15) is 24.2 Å². The molecule has 0 aliphatic carbocycles. The molecule has 0 aliphatic rings. The lowest BCUT2D eigenvalue weighted by atomic mass is 10.1. The first-order valence-corrected chi connectivity index (χ1v) is 5.76. The van der Waals surface area contributed by atoms with Gasteiger partial charge in [0.25, 0.3) is 0 Å². The highest BCUT2D eigenvalue weighted by Gasteiger charge is 2.09. The molecule has 0 heterocycles. The first kappa shape index (κ1) is 14.0. The van der Waals surface area contributed by atoms with Crippen LogP contribution in [0.4, 0.5) is 0 Å². The number of nitrogens with one attached hydrogen (secondary N) is 1. The summed E-state index contributed by atoms with van der Waals surface area (Å²) in [5.74, 6) is 0.817. The van der Waals surface area contributed by atoms with Crippen molar-refractivity contribution in [2.45, 2.75) is 26.1 Å². The Morgan fingerprint density at radius 2 is 2.00 bits per heavy atom. The van der Waals surface area contributed by atoms with E-state index in [1.807, 2.05) is 25.1 Å². The number of aliphatic hydroxyl groups excluding tert-OH is 2. The summed E-state index contributed by atoms with van der Waals surface area (Å²) < 4.78 is 5.16. The Morgan fingerprint density at radius 1 is 1.29 bits per heavy atom. The van der Waals surface area contributed by atoms with Crippen LogP contribution in [0.5, 0.6) is 5.75 Å². The van der Waals surface area contributed by atoms with Gasteiger partial charge in [-0.25, -0.2) is 0 Å². The van der Waals surface area contributed by atoms with Gasteiger partial charge in [0.2, 0.25) is 0 Å². The second-order valence-corrected chi connectivity index (χ2v) is 4.25. The molecule has 0 amide bonds. The monoisotopic (exact) mass is 239 g/mol. The standard InChI is InChI=1S/C13H21NO3/c1-9-6-11(4-5-13(9)17-3)12(16)8-14-7-10(2)15/h4-6,10,12,14-16H,7-8H2,1-3H3. The number of aliphatic hydroxyl groups is 2. The average Bonchev–Trinajstić information content (AvgIpc) is 2.28. The molecule has 17 heavy (non-hydrogen) atoms. The fourth-order valence-electron chi connectivity index (χ4n) is 1.66. The number of hydrogen-bond acceptors (Lipinski definition) is 4. The first-order chi connectivity index (χ1) is 8.04. The lowest BCUT2D eigenvalue weighted by Gasteiger charge is -2.14. The van der Waals surface area contributed by atoms with Crippen LogP contribution in [-0.4, -0.2) is 36.5 Å². The van der Waals surface area contributed by atoms with Gasteiger partial charge in [-0.2, -0.15) is 0 Å². The van der Waals surface area contributed by atoms with Crippen LogP contribution < -0.4 is 10.1 Å². The van der Waals surface area contributed by atoms with E-state index in [0.29, 0.717) is 13.1 Å². The van der Waals surface area contributed by atoms with E-state index in [-0.39, 0.29) is 0 Å². The molecule has 0 saturated carbocycles. The van der Waals surface area contributed by atoms with E-state index in [1.165, 1.54) is 0 Å². The second-order valence-electron chi connectivity index (χ2n) is 4.25. The lowest BCUT2D eigenvalue weighted by Crippen LogP contribution is -2.28. The third-order valence-electron chi connectivity index (χ3n) is 2.58. The van der Waals surface area contributed by atoms with Crippen molar-refractivity contribution in [1.82, 2.24) is 5.32 Å². The van der Waals surface area contributed by atoms with Crippen LogP contribution in [0.25, 0.3) is 0 Å². The van der Waals surface area contributed by atoms with E-state index < -0.39 is 12.2 Å². The summed E-state index contributed by atoms with van der Waals surface area (Å²) in [7, 11) is 1.63. The maximum atomic E-state index is 9.94. The SMILES string of the molecule is COc1ccc(C(O)CNCC(C)O)cc1C. The minimum absolute atomic E-state index is 0.403. The fourth-order valence-corrected chi connectivity index (χ4v) is 1.66. The highest BCUT2D eigenvalue weighted by Crippen LogP contribution is 2.22. The summed E-state index contributed by atoms with van der Waals surface area (Å²) in [5, 5.41) is 22.0. The molecule has 4 nitrogen and oxygen atoms in total. The molecule has 1 rings (SSSR count). The second kappa shape index (κ2) is 6.59. The van der Waals surface area contributed by atoms with E-state index in [1.54, 1.807) is 14.0 Å². The average molecular weight is 239 g/mol. The minimum atomic E-state index is -0.571. The number of ether oxygens (including phenoxy) is 1. The van der Waals surface area contributed by atoms with Crippen molar-refractivity contribution in [3.8, 4) is 5.75 Å². The van der Waals surface area contributed by atoms with Crippen molar-refractivity contribution >= 4 is 0 Å². The summed E-state index contributed by atoms with van der Waals surface area (Å²) in [6, 6.07) is 5.61. The Labute approximate surface area is 102 Å². The molecule has 0 radical (unpaired) electrons. The van der Waals surface area contributed by atoms with E-state index in [4.69, 9.17) is 9.84 Å². The summed E-state index contributed by atoms with van der Waals surface area (Å²) >= 11 is 0. The highest BCUT2D eigenvalue weighted by molar-refractivity contribution is 5.37. The summed E-state index contributed by atoms with van der Waals surface area (Å²) in [5.41, 5.74) is 1.85. The van der Waals surface area contributed by atoms with E-state index in [0.717, 1.165) is 16.9 Å². The van der Waals surface area contributed by atoms with Gasteiger partial charge in [-0.3, -0.25) is 0 Å². The van der Waals surface area contributed by atoms with Gasteiger partial charge < -0.3 is 20.3 Å². The van der Waals surface area contributed by atoms with Gasteiger partial charge in [0.15, 0.2) is 0 Å². The minimum Gasteiger partial charge on any atom is -0.496 e. The quantitative estimate of drug-likeness (QED) is 0.693. The van der Waals surface area contributed by atoms with Gasteiger partial charge in [0.05, 0.1) is 19.3 Å². The van der Waals surface area contributed by atoms with Gasteiger partial charge in [0, 0.05) is 13.1 Å². The van der Waals surface area contributed by atoms with Crippen molar-refractivity contribution in [3.05, 3.63) is 29.3 Å². The number of benzene rings is 1. The van der Waals surface area contributed by atoms with Gasteiger partial charge in [0.1, 0.15) is 5.75 Å². The molecule has 2 atom stereocenters. The fraction of sp³-hybridized carbons (Fsp3) is 0.538. The zero-order valence-corrected chi connectivity index (χ0v) is 10.6.